The zero-order valence-electron chi connectivity index (χ0n) is 16.4. The van der Waals surface area contributed by atoms with Gasteiger partial charge in [-0.1, -0.05) is 6.07 Å². The number of piperidine rings is 1. The predicted molar refractivity (Wildman–Crippen MR) is 117 cm³/mol. The summed E-state index contributed by atoms with van der Waals surface area (Å²) < 4.78 is 5.44. The van der Waals surface area contributed by atoms with E-state index in [0.29, 0.717) is 6.61 Å². The fourth-order valence-electron chi connectivity index (χ4n) is 3.47. The molecule has 1 aliphatic heterocycles. The van der Waals surface area contributed by atoms with Crippen LogP contribution in [0.2, 0.25) is 0 Å². The summed E-state index contributed by atoms with van der Waals surface area (Å²) in [5.74, 6) is 1.77. The van der Waals surface area contributed by atoms with Crippen LogP contribution in [-0.2, 0) is 4.79 Å². The van der Waals surface area contributed by atoms with E-state index in [4.69, 9.17) is 4.74 Å². The van der Waals surface area contributed by atoms with E-state index in [2.05, 4.69) is 20.4 Å². The number of amides is 1. The van der Waals surface area contributed by atoms with Crippen molar-refractivity contribution in [2.24, 2.45) is 5.92 Å². The van der Waals surface area contributed by atoms with Crippen molar-refractivity contribution in [3.63, 3.8) is 0 Å². The highest BCUT2D eigenvalue weighted by Gasteiger charge is 2.26. The third-order valence-corrected chi connectivity index (χ3v) is 5.94. The molecule has 2 aromatic heterocycles. The molecule has 1 N–H and O–H groups in total. The second-order valence-corrected chi connectivity index (χ2v) is 7.91. The normalized spacial score (nSPS) is 14.6. The highest BCUT2D eigenvalue weighted by molar-refractivity contribution is 7.13. The number of nitrogens with one attached hydrogen (secondary N) is 1. The molecule has 1 amide bonds. The molecular formula is C22H24N4O2S. The molecule has 3 aromatic rings. The van der Waals surface area contributed by atoms with Crippen LogP contribution in [0.15, 0.2) is 53.9 Å². The van der Waals surface area contributed by atoms with Crippen LogP contribution in [0.5, 0.6) is 5.75 Å². The summed E-state index contributed by atoms with van der Waals surface area (Å²) in [5.41, 5.74) is 1.70. The van der Waals surface area contributed by atoms with Crippen molar-refractivity contribution in [3.8, 4) is 16.3 Å². The number of carbonyl (C=O) groups is 1. The van der Waals surface area contributed by atoms with Crippen molar-refractivity contribution < 1.29 is 9.53 Å². The van der Waals surface area contributed by atoms with E-state index in [9.17, 15) is 4.79 Å². The van der Waals surface area contributed by atoms with Gasteiger partial charge in [-0.3, -0.25) is 4.79 Å². The van der Waals surface area contributed by atoms with Gasteiger partial charge < -0.3 is 15.0 Å². The van der Waals surface area contributed by atoms with Gasteiger partial charge in [0.05, 0.1) is 11.5 Å². The third kappa shape index (κ3) is 4.74. The monoisotopic (exact) mass is 408 g/mol. The van der Waals surface area contributed by atoms with Crippen molar-refractivity contribution >= 4 is 28.7 Å². The maximum Gasteiger partial charge on any atom is 0.227 e. The number of aromatic nitrogens is 2. The van der Waals surface area contributed by atoms with Gasteiger partial charge in [-0.2, -0.15) is 0 Å². The van der Waals surface area contributed by atoms with Crippen LogP contribution in [0.1, 0.15) is 19.8 Å². The highest BCUT2D eigenvalue weighted by atomic mass is 32.1. The van der Waals surface area contributed by atoms with E-state index in [0.717, 1.165) is 53.8 Å². The maximum atomic E-state index is 12.6. The van der Waals surface area contributed by atoms with Crippen LogP contribution in [0, 0.1) is 5.92 Å². The molecule has 3 heterocycles. The first-order valence-electron chi connectivity index (χ1n) is 9.89. The Morgan fingerprint density at radius 2 is 1.93 bits per heavy atom. The second kappa shape index (κ2) is 9.05. The van der Waals surface area contributed by atoms with E-state index in [1.807, 2.05) is 60.8 Å². The SMILES string of the molecule is CCOc1ccc(NC(=O)C2CCN(c3ccc(-c4cccs4)nn3)CC2)cc1. The smallest absolute Gasteiger partial charge is 0.227 e. The van der Waals surface area contributed by atoms with Gasteiger partial charge in [0, 0.05) is 24.7 Å². The van der Waals surface area contributed by atoms with Crippen LogP contribution in [-0.4, -0.2) is 35.8 Å². The molecule has 7 heteroatoms. The van der Waals surface area contributed by atoms with Gasteiger partial charge in [0.25, 0.3) is 0 Å². The van der Waals surface area contributed by atoms with Crippen LogP contribution < -0.4 is 15.0 Å². The molecule has 1 aromatic carbocycles. The molecule has 0 bridgehead atoms. The molecule has 0 aliphatic carbocycles. The number of anilines is 2. The third-order valence-electron chi connectivity index (χ3n) is 5.05. The molecule has 1 fully saturated rings. The molecule has 0 spiro atoms. The summed E-state index contributed by atoms with van der Waals surface area (Å²) in [6, 6.07) is 15.6. The summed E-state index contributed by atoms with van der Waals surface area (Å²) in [7, 11) is 0. The van der Waals surface area contributed by atoms with Gasteiger partial charge in [0.1, 0.15) is 11.4 Å². The lowest BCUT2D eigenvalue weighted by molar-refractivity contribution is -0.120. The molecule has 0 saturated carbocycles. The number of rotatable bonds is 6. The number of thiophene rings is 1. The van der Waals surface area contributed by atoms with E-state index in [1.54, 1.807) is 11.3 Å². The molecule has 4 rings (SSSR count). The molecule has 29 heavy (non-hydrogen) atoms. The second-order valence-electron chi connectivity index (χ2n) is 6.96. The largest absolute Gasteiger partial charge is 0.494 e. The maximum absolute atomic E-state index is 12.6. The highest BCUT2D eigenvalue weighted by Crippen LogP contribution is 2.26. The zero-order chi connectivity index (χ0) is 20.1. The predicted octanol–water partition coefficient (Wildman–Crippen LogP) is 4.46. The number of carbonyl (C=O) groups excluding carboxylic acids is 1. The van der Waals surface area contributed by atoms with Gasteiger partial charge >= 0.3 is 0 Å². The van der Waals surface area contributed by atoms with E-state index in [-0.39, 0.29) is 11.8 Å². The Bertz CT molecular complexity index is 918. The van der Waals surface area contributed by atoms with Gasteiger partial charge in [0.2, 0.25) is 5.91 Å². The van der Waals surface area contributed by atoms with Crippen LogP contribution in [0.25, 0.3) is 10.6 Å². The Morgan fingerprint density at radius 3 is 2.55 bits per heavy atom. The van der Waals surface area contributed by atoms with Crippen LogP contribution in [0.4, 0.5) is 11.5 Å². The van der Waals surface area contributed by atoms with Crippen LogP contribution >= 0.6 is 11.3 Å². The summed E-state index contributed by atoms with van der Waals surface area (Å²) in [6.45, 7) is 4.18. The quantitative estimate of drug-likeness (QED) is 0.652. The first kappa shape index (κ1) is 19.4. The number of hydrogen-bond donors (Lipinski definition) is 1. The zero-order valence-corrected chi connectivity index (χ0v) is 17.2. The Balaban J connectivity index is 1.30. The van der Waals surface area contributed by atoms with Crippen molar-refractivity contribution in [2.45, 2.75) is 19.8 Å². The molecular weight excluding hydrogens is 384 g/mol. The molecule has 1 saturated heterocycles. The standard InChI is InChI=1S/C22H24N4O2S/c1-2-28-18-7-5-17(6-8-18)23-22(27)16-11-13-26(14-12-16)21-10-9-19(24-25-21)20-4-3-15-29-20/h3-10,15-16H,2,11-14H2,1H3,(H,23,27). The number of nitrogens with zero attached hydrogens (tertiary/aromatic N) is 3. The molecule has 0 atom stereocenters. The summed E-state index contributed by atoms with van der Waals surface area (Å²) in [4.78, 5) is 15.9. The fraction of sp³-hybridized carbons (Fsp3) is 0.318. The molecule has 0 radical (unpaired) electrons. The van der Waals surface area contributed by atoms with E-state index < -0.39 is 0 Å². The minimum Gasteiger partial charge on any atom is -0.494 e. The summed E-state index contributed by atoms with van der Waals surface area (Å²) >= 11 is 1.66. The van der Waals surface area contributed by atoms with E-state index >= 15 is 0 Å². The lowest BCUT2D eigenvalue weighted by atomic mass is 9.96. The van der Waals surface area contributed by atoms with Crippen molar-refractivity contribution in [1.29, 1.82) is 0 Å². The van der Waals surface area contributed by atoms with Gasteiger partial charge in [0.15, 0.2) is 5.82 Å². The summed E-state index contributed by atoms with van der Waals surface area (Å²) in [6.07, 6.45) is 1.61. The van der Waals surface area contributed by atoms with Crippen molar-refractivity contribution in [2.75, 3.05) is 29.9 Å². The Kier molecular flexibility index (Phi) is 6.05. The minimum atomic E-state index is 0.0103. The first-order chi connectivity index (χ1) is 14.2. The molecule has 6 nitrogen and oxygen atoms in total. The molecule has 1 aliphatic rings. The first-order valence-corrected chi connectivity index (χ1v) is 10.8. The molecule has 150 valence electrons. The van der Waals surface area contributed by atoms with Crippen molar-refractivity contribution in [1.82, 2.24) is 10.2 Å². The van der Waals surface area contributed by atoms with Gasteiger partial charge in [-0.15, -0.1) is 21.5 Å². The lowest BCUT2D eigenvalue weighted by Gasteiger charge is -2.31. The van der Waals surface area contributed by atoms with Crippen LogP contribution in [0.3, 0.4) is 0 Å². The summed E-state index contributed by atoms with van der Waals surface area (Å²) in [5, 5.41) is 13.8. The number of benzene rings is 1. The topological polar surface area (TPSA) is 67.3 Å². The minimum absolute atomic E-state index is 0.0103. The average molecular weight is 409 g/mol. The number of ether oxygens (including phenoxy) is 1. The molecule has 0 unspecified atom stereocenters. The Morgan fingerprint density at radius 1 is 1.14 bits per heavy atom. The average Bonchev–Trinajstić information content (AvgIpc) is 3.31. The van der Waals surface area contributed by atoms with Crippen molar-refractivity contribution in [3.05, 3.63) is 53.9 Å². The Hall–Kier alpha value is -2.93. The van der Waals surface area contributed by atoms with Gasteiger partial charge in [-0.25, -0.2) is 0 Å². The fourth-order valence-corrected chi connectivity index (χ4v) is 4.16. The Labute approximate surface area is 174 Å². The number of hydrogen-bond acceptors (Lipinski definition) is 6. The van der Waals surface area contributed by atoms with E-state index in [1.165, 1.54) is 0 Å². The van der Waals surface area contributed by atoms with Gasteiger partial charge in [-0.05, 0) is 67.6 Å². The lowest BCUT2D eigenvalue weighted by Crippen LogP contribution is -2.38.